The lowest BCUT2D eigenvalue weighted by Crippen LogP contribution is -2.26. The number of hydrogen-bond donors (Lipinski definition) is 0. The van der Waals surface area contributed by atoms with Gasteiger partial charge in [-0.15, -0.1) is 0 Å². The molecule has 5 heteroatoms. The van der Waals surface area contributed by atoms with Crippen molar-refractivity contribution in [3.63, 3.8) is 0 Å². The lowest BCUT2D eigenvalue weighted by molar-refractivity contribution is 0.0802. The summed E-state index contributed by atoms with van der Waals surface area (Å²) in [4.78, 5) is 13.8. The summed E-state index contributed by atoms with van der Waals surface area (Å²) in [7, 11) is 1.77. The van der Waals surface area contributed by atoms with Crippen molar-refractivity contribution >= 4 is 17.5 Å². The summed E-state index contributed by atoms with van der Waals surface area (Å²) in [5.74, 6) is 1.33. The van der Waals surface area contributed by atoms with E-state index in [2.05, 4.69) is 0 Å². The van der Waals surface area contributed by atoms with Gasteiger partial charge < -0.3 is 14.4 Å². The molecule has 0 fully saturated rings. The summed E-state index contributed by atoms with van der Waals surface area (Å²) in [5, 5.41) is 0.634. The van der Waals surface area contributed by atoms with E-state index in [-0.39, 0.29) is 5.91 Å². The molecular formula is C18H20ClNO3. The first-order chi connectivity index (χ1) is 11.1. The Labute approximate surface area is 141 Å². The van der Waals surface area contributed by atoms with Gasteiger partial charge in [-0.25, -0.2) is 0 Å². The van der Waals surface area contributed by atoms with E-state index in [9.17, 15) is 4.79 Å². The molecule has 2 rings (SSSR count). The van der Waals surface area contributed by atoms with Crippen LogP contribution in [0.3, 0.4) is 0 Å². The van der Waals surface area contributed by atoms with Crippen LogP contribution < -0.4 is 9.47 Å². The summed E-state index contributed by atoms with van der Waals surface area (Å²) >= 11 is 5.89. The number of carbonyl (C=O) groups excluding carboxylic acids is 1. The molecule has 0 bridgehead atoms. The minimum atomic E-state index is -0.0203. The molecule has 0 N–H and O–H groups in total. The summed E-state index contributed by atoms with van der Waals surface area (Å²) in [6.45, 7) is 3.38. The van der Waals surface area contributed by atoms with Crippen molar-refractivity contribution in [1.82, 2.24) is 4.90 Å². The SMILES string of the molecule is CCN(C)C(=O)c1cccc(OCCOc2cccc(Cl)c2)c1. The minimum Gasteiger partial charge on any atom is -0.490 e. The molecule has 2 aromatic rings. The van der Waals surface area contributed by atoms with Crippen molar-refractivity contribution in [2.24, 2.45) is 0 Å². The highest BCUT2D eigenvalue weighted by molar-refractivity contribution is 6.30. The third kappa shape index (κ3) is 5.18. The minimum absolute atomic E-state index is 0.0203. The Kier molecular flexibility index (Phi) is 6.29. The molecule has 0 saturated carbocycles. The first-order valence-electron chi connectivity index (χ1n) is 7.47. The first-order valence-corrected chi connectivity index (χ1v) is 7.84. The summed E-state index contributed by atoms with van der Waals surface area (Å²) < 4.78 is 11.2. The molecule has 0 radical (unpaired) electrons. The number of nitrogens with zero attached hydrogens (tertiary/aromatic N) is 1. The average Bonchev–Trinajstić information content (AvgIpc) is 2.57. The molecule has 0 aliphatic heterocycles. The Morgan fingerprint density at radius 3 is 2.26 bits per heavy atom. The van der Waals surface area contributed by atoms with Crippen LogP contribution in [0.5, 0.6) is 11.5 Å². The van der Waals surface area contributed by atoms with Crippen molar-refractivity contribution < 1.29 is 14.3 Å². The fraction of sp³-hybridized carbons (Fsp3) is 0.278. The van der Waals surface area contributed by atoms with E-state index in [0.29, 0.717) is 41.8 Å². The molecule has 2 aromatic carbocycles. The van der Waals surface area contributed by atoms with Gasteiger partial charge in [0.2, 0.25) is 0 Å². The van der Waals surface area contributed by atoms with E-state index < -0.39 is 0 Å². The van der Waals surface area contributed by atoms with Gasteiger partial charge in [-0.05, 0) is 43.3 Å². The van der Waals surface area contributed by atoms with Gasteiger partial charge in [0.25, 0.3) is 5.91 Å². The topological polar surface area (TPSA) is 38.8 Å². The fourth-order valence-corrected chi connectivity index (χ4v) is 2.14. The molecular weight excluding hydrogens is 314 g/mol. The molecule has 0 aromatic heterocycles. The summed E-state index contributed by atoms with van der Waals surface area (Å²) in [6, 6.07) is 14.4. The van der Waals surface area contributed by atoms with Gasteiger partial charge in [-0.3, -0.25) is 4.79 Å². The van der Waals surface area contributed by atoms with Crippen LogP contribution in [0, 0.1) is 0 Å². The van der Waals surface area contributed by atoms with Crippen LogP contribution in [-0.4, -0.2) is 37.6 Å². The van der Waals surface area contributed by atoms with Crippen LogP contribution in [0.15, 0.2) is 48.5 Å². The standard InChI is InChI=1S/C18H20ClNO3/c1-3-20(2)18(21)14-6-4-8-16(12-14)22-10-11-23-17-9-5-7-15(19)13-17/h4-9,12-13H,3,10-11H2,1-2H3. The van der Waals surface area contributed by atoms with Gasteiger partial charge >= 0.3 is 0 Å². The van der Waals surface area contributed by atoms with E-state index >= 15 is 0 Å². The number of amides is 1. The highest BCUT2D eigenvalue weighted by atomic mass is 35.5. The maximum Gasteiger partial charge on any atom is 0.253 e. The van der Waals surface area contributed by atoms with Gasteiger partial charge in [0.15, 0.2) is 0 Å². The molecule has 1 amide bonds. The normalized spacial score (nSPS) is 10.2. The zero-order valence-corrected chi connectivity index (χ0v) is 14.0. The molecule has 0 unspecified atom stereocenters. The molecule has 4 nitrogen and oxygen atoms in total. The smallest absolute Gasteiger partial charge is 0.253 e. The Morgan fingerprint density at radius 1 is 1.04 bits per heavy atom. The maximum atomic E-state index is 12.1. The van der Waals surface area contributed by atoms with Crippen LogP contribution in [-0.2, 0) is 0 Å². The highest BCUT2D eigenvalue weighted by Crippen LogP contribution is 2.17. The van der Waals surface area contributed by atoms with Crippen LogP contribution in [0.25, 0.3) is 0 Å². The Bertz CT molecular complexity index is 660. The highest BCUT2D eigenvalue weighted by Gasteiger charge is 2.10. The van der Waals surface area contributed by atoms with E-state index in [1.165, 1.54) is 0 Å². The molecule has 0 aliphatic rings. The van der Waals surface area contributed by atoms with Crippen LogP contribution in [0.1, 0.15) is 17.3 Å². The Hall–Kier alpha value is -2.20. The van der Waals surface area contributed by atoms with Crippen LogP contribution in [0.2, 0.25) is 5.02 Å². The average molecular weight is 334 g/mol. The number of halogens is 1. The maximum absolute atomic E-state index is 12.1. The van der Waals surface area contributed by atoms with Crippen molar-refractivity contribution in [3.8, 4) is 11.5 Å². The second kappa shape index (κ2) is 8.44. The molecule has 122 valence electrons. The summed E-state index contributed by atoms with van der Waals surface area (Å²) in [5.41, 5.74) is 0.614. The monoisotopic (exact) mass is 333 g/mol. The number of rotatable bonds is 7. The van der Waals surface area contributed by atoms with E-state index in [4.69, 9.17) is 21.1 Å². The van der Waals surface area contributed by atoms with Gasteiger partial charge in [0.1, 0.15) is 24.7 Å². The largest absolute Gasteiger partial charge is 0.490 e. The van der Waals surface area contributed by atoms with Gasteiger partial charge in [0, 0.05) is 24.2 Å². The molecule has 23 heavy (non-hydrogen) atoms. The first kappa shape index (κ1) is 17.2. The van der Waals surface area contributed by atoms with Crippen molar-refractivity contribution in [1.29, 1.82) is 0 Å². The van der Waals surface area contributed by atoms with Crippen LogP contribution >= 0.6 is 11.6 Å². The van der Waals surface area contributed by atoms with Gasteiger partial charge in [-0.1, -0.05) is 23.7 Å². The molecule has 0 atom stereocenters. The number of ether oxygens (including phenoxy) is 2. The lowest BCUT2D eigenvalue weighted by Gasteiger charge is -2.15. The second-order valence-electron chi connectivity index (χ2n) is 5.00. The van der Waals surface area contributed by atoms with Crippen molar-refractivity contribution in [3.05, 3.63) is 59.1 Å². The third-order valence-electron chi connectivity index (χ3n) is 3.32. The Morgan fingerprint density at radius 2 is 1.65 bits per heavy atom. The van der Waals surface area contributed by atoms with E-state index in [0.717, 1.165) is 0 Å². The van der Waals surface area contributed by atoms with Gasteiger partial charge in [0.05, 0.1) is 0 Å². The van der Waals surface area contributed by atoms with Crippen molar-refractivity contribution in [2.45, 2.75) is 6.92 Å². The second-order valence-corrected chi connectivity index (χ2v) is 5.44. The number of benzene rings is 2. The third-order valence-corrected chi connectivity index (χ3v) is 3.55. The molecule has 0 saturated heterocycles. The Balaban J connectivity index is 1.85. The predicted octanol–water partition coefficient (Wildman–Crippen LogP) is 3.89. The molecule has 0 spiro atoms. The predicted molar refractivity (Wildman–Crippen MR) is 91.5 cm³/mol. The lowest BCUT2D eigenvalue weighted by atomic mass is 10.2. The zero-order valence-electron chi connectivity index (χ0n) is 13.3. The van der Waals surface area contributed by atoms with E-state index in [1.54, 1.807) is 36.2 Å². The van der Waals surface area contributed by atoms with Crippen LogP contribution in [0.4, 0.5) is 0 Å². The van der Waals surface area contributed by atoms with Gasteiger partial charge in [-0.2, -0.15) is 0 Å². The molecule has 0 heterocycles. The zero-order chi connectivity index (χ0) is 16.7. The van der Waals surface area contributed by atoms with Crippen molar-refractivity contribution in [2.75, 3.05) is 26.8 Å². The molecule has 0 aliphatic carbocycles. The summed E-state index contributed by atoms with van der Waals surface area (Å²) in [6.07, 6.45) is 0. The fourth-order valence-electron chi connectivity index (χ4n) is 1.96. The quantitative estimate of drug-likeness (QED) is 0.721. The number of hydrogen-bond acceptors (Lipinski definition) is 3. The number of carbonyl (C=O) groups is 1. The van der Waals surface area contributed by atoms with E-state index in [1.807, 2.05) is 31.2 Å².